The molecule has 2 aliphatic heterocycles. The van der Waals surface area contributed by atoms with E-state index in [-0.39, 0.29) is 60.3 Å². The summed E-state index contributed by atoms with van der Waals surface area (Å²) in [6, 6.07) is 11.7. The zero-order valence-electron chi connectivity index (χ0n) is 18.6. The van der Waals surface area contributed by atoms with E-state index in [4.69, 9.17) is 4.74 Å². The van der Waals surface area contributed by atoms with E-state index in [1.165, 1.54) is 13.2 Å². The smallest absolute Gasteiger partial charge is 0.430 e. The van der Waals surface area contributed by atoms with Gasteiger partial charge in [0.05, 0.1) is 13.7 Å². The molecule has 0 aromatic heterocycles. The molecule has 35 heavy (non-hydrogen) atoms. The van der Waals surface area contributed by atoms with E-state index in [0.29, 0.717) is 0 Å². The van der Waals surface area contributed by atoms with Crippen LogP contribution >= 0.6 is 24.8 Å². The van der Waals surface area contributed by atoms with Crippen LogP contribution in [0.1, 0.15) is 41.1 Å². The number of piperidine rings is 1. The third kappa shape index (κ3) is 5.36. The molecule has 2 aromatic carbocycles. The lowest BCUT2D eigenvalue weighted by molar-refractivity contribution is -0.385. The van der Waals surface area contributed by atoms with E-state index in [2.05, 4.69) is 15.4 Å². The summed E-state index contributed by atoms with van der Waals surface area (Å²) in [6.45, 7) is 0.0515. The van der Waals surface area contributed by atoms with Crippen LogP contribution in [0.4, 0.5) is 26.3 Å². The van der Waals surface area contributed by atoms with Crippen LogP contribution in [0.15, 0.2) is 42.5 Å². The molecule has 0 unspecified atom stereocenters. The van der Waals surface area contributed by atoms with Crippen molar-refractivity contribution in [3.8, 4) is 5.75 Å². The van der Waals surface area contributed by atoms with Gasteiger partial charge in [0.15, 0.2) is 0 Å². The van der Waals surface area contributed by atoms with Crippen molar-refractivity contribution >= 4 is 24.8 Å². The Hall–Kier alpha value is -1.72. The molecule has 12 heteroatoms. The Kier molecular flexibility index (Phi) is 9.38. The van der Waals surface area contributed by atoms with Crippen molar-refractivity contribution < 1.29 is 35.8 Å². The third-order valence-corrected chi connectivity index (χ3v) is 6.30. The summed E-state index contributed by atoms with van der Waals surface area (Å²) < 4.78 is 92.0. The summed E-state index contributed by atoms with van der Waals surface area (Å²) in [5.41, 5.74) is -4.21. The van der Waals surface area contributed by atoms with Crippen molar-refractivity contribution in [2.24, 2.45) is 0 Å². The monoisotopic (exact) mass is 546 g/mol. The fraction of sp³-hybridized carbons (Fsp3) is 0.478. The van der Waals surface area contributed by atoms with Gasteiger partial charge in [-0.05, 0) is 42.6 Å². The van der Waals surface area contributed by atoms with Crippen molar-refractivity contribution in [1.82, 2.24) is 10.6 Å². The number of ether oxygens (including phenoxy) is 2. The molecule has 0 radical (unpaired) electrons. The maximum Gasteiger partial charge on any atom is 0.430 e. The summed E-state index contributed by atoms with van der Waals surface area (Å²) in [5, 5.41) is 6.75. The molecule has 1 saturated heterocycles. The van der Waals surface area contributed by atoms with E-state index in [0.717, 1.165) is 31.0 Å². The number of rotatable bonds is 5. The molecule has 2 heterocycles. The molecular weight excluding hydrogens is 521 g/mol. The van der Waals surface area contributed by atoms with Gasteiger partial charge >= 0.3 is 12.4 Å². The zero-order valence-corrected chi connectivity index (χ0v) is 20.3. The summed E-state index contributed by atoms with van der Waals surface area (Å²) in [6.07, 6.45) is -9.64. The third-order valence-electron chi connectivity index (χ3n) is 6.30. The molecule has 0 aliphatic carbocycles. The van der Waals surface area contributed by atoms with Gasteiger partial charge < -0.3 is 20.1 Å². The molecule has 0 bridgehead atoms. The molecular formula is C23H26Cl2F6N2O2. The summed E-state index contributed by atoms with van der Waals surface area (Å²) in [7, 11) is 1.33. The molecule has 4 rings (SSSR count). The molecule has 2 N–H and O–H groups in total. The predicted molar refractivity (Wildman–Crippen MR) is 123 cm³/mol. The van der Waals surface area contributed by atoms with E-state index < -0.39 is 30.1 Å². The first-order chi connectivity index (χ1) is 15.6. The summed E-state index contributed by atoms with van der Waals surface area (Å²) >= 11 is 0. The lowest BCUT2D eigenvalue weighted by atomic mass is 9.88. The van der Waals surface area contributed by atoms with Crippen molar-refractivity contribution in [3.63, 3.8) is 0 Å². The Morgan fingerprint density at radius 2 is 1.71 bits per heavy atom. The minimum Gasteiger partial charge on any atom is -0.496 e. The minimum absolute atomic E-state index is 0. The second-order valence-electron chi connectivity index (χ2n) is 8.26. The van der Waals surface area contributed by atoms with Crippen LogP contribution in [-0.2, 0) is 23.5 Å². The van der Waals surface area contributed by atoms with Crippen LogP contribution in [-0.4, -0.2) is 32.0 Å². The van der Waals surface area contributed by atoms with Gasteiger partial charge in [-0.1, -0.05) is 30.3 Å². The Morgan fingerprint density at radius 1 is 1.06 bits per heavy atom. The number of nitrogens with one attached hydrogen (secondary N) is 2. The zero-order chi connectivity index (χ0) is 23.9. The van der Waals surface area contributed by atoms with Gasteiger partial charge in [-0.15, -0.1) is 24.8 Å². The number of halogens is 8. The van der Waals surface area contributed by atoms with Gasteiger partial charge in [0.1, 0.15) is 5.75 Å². The van der Waals surface area contributed by atoms with Crippen molar-refractivity contribution in [1.29, 1.82) is 0 Å². The topological polar surface area (TPSA) is 42.5 Å². The Labute approximate surface area is 211 Å². The first-order valence-electron chi connectivity index (χ1n) is 10.6. The molecule has 0 amide bonds. The lowest BCUT2D eigenvalue weighted by Crippen LogP contribution is -2.53. The molecule has 1 fully saturated rings. The van der Waals surface area contributed by atoms with Crippen LogP contribution in [0, 0.1) is 0 Å². The van der Waals surface area contributed by atoms with Crippen molar-refractivity contribution in [3.05, 3.63) is 64.7 Å². The van der Waals surface area contributed by atoms with Crippen molar-refractivity contribution in [2.45, 2.75) is 56.0 Å². The highest BCUT2D eigenvalue weighted by atomic mass is 35.5. The number of fused-ring (bicyclic) bond motifs is 1. The number of methoxy groups -OCH3 is 1. The highest BCUT2D eigenvalue weighted by Gasteiger charge is 2.75. The first kappa shape index (κ1) is 29.5. The van der Waals surface area contributed by atoms with Gasteiger partial charge in [-0.2, -0.15) is 26.3 Å². The Morgan fingerprint density at radius 3 is 2.31 bits per heavy atom. The maximum absolute atomic E-state index is 13.7. The molecule has 2 atom stereocenters. The Bertz CT molecular complexity index is 974. The normalized spacial score (nSPS) is 21.5. The van der Waals surface area contributed by atoms with Crippen molar-refractivity contribution in [2.75, 3.05) is 13.7 Å². The number of hydrogen-bond acceptors (Lipinski definition) is 4. The average molecular weight is 547 g/mol. The van der Waals surface area contributed by atoms with Gasteiger partial charge in [0, 0.05) is 29.8 Å². The number of benzene rings is 2. The predicted octanol–water partition coefficient (Wildman–Crippen LogP) is 5.97. The molecule has 2 aromatic rings. The number of hydrogen-bond donors (Lipinski definition) is 2. The standard InChI is InChI=1S/C23H24F6N2O2.2ClH/c1-32-19-11-16-13-33-21(22(24,25)26,23(27,28)29)17(16)10-15(19)12-31-18-8-5-9-30-20(18)14-6-3-2-4-7-14;;/h2-4,6-7,10-11,18,20,30-31H,5,8-9,12-13H2,1H3;2*1H/t18-,20-;;/m0../s1. The van der Waals surface area contributed by atoms with E-state index >= 15 is 0 Å². The average Bonchev–Trinajstić information content (AvgIpc) is 3.17. The largest absolute Gasteiger partial charge is 0.496 e. The second-order valence-corrected chi connectivity index (χ2v) is 8.26. The van der Waals surface area contributed by atoms with Gasteiger partial charge in [-0.25, -0.2) is 0 Å². The van der Waals surface area contributed by atoms with E-state index in [1.54, 1.807) is 0 Å². The molecule has 4 nitrogen and oxygen atoms in total. The van der Waals surface area contributed by atoms with Gasteiger partial charge in [-0.3, -0.25) is 0 Å². The quantitative estimate of drug-likeness (QED) is 0.453. The highest BCUT2D eigenvalue weighted by molar-refractivity contribution is 5.85. The van der Waals surface area contributed by atoms with Crippen LogP contribution in [0.3, 0.4) is 0 Å². The maximum atomic E-state index is 13.7. The highest BCUT2D eigenvalue weighted by Crippen LogP contribution is 2.57. The Balaban J connectivity index is 0.00000216. The van der Waals surface area contributed by atoms with Crippen LogP contribution in [0.25, 0.3) is 0 Å². The van der Waals surface area contributed by atoms with Gasteiger partial charge in [0.25, 0.3) is 5.60 Å². The fourth-order valence-electron chi connectivity index (χ4n) is 4.70. The fourth-order valence-corrected chi connectivity index (χ4v) is 4.70. The first-order valence-corrected chi connectivity index (χ1v) is 10.6. The lowest BCUT2D eigenvalue weighted by Gasteiger charge is -2.35. The van der Waals surface area contributed by atoms with Crippen LogP contribution in [0.5, 0.6) is 5.75 Å². The molecule has 0 saturated carbocycles. The summed E-state index contributed by atoms with van der Waals surface area (Å²) in [5.74, 6) is 0.213. The summed E-state index contributed by atoms with van der Waals surface area (Å²) in [4.78, 5) is 0. The number of alkyl halides is 6. The second kappa shape index (κ2) is 11.1. The van der Waals surface area contributed by atoms with Crippen LogP contribution < -0.4 is 15.4 Å². The SMILES string of the molecule is COc1cc2c(cc1CN[C@H]1CCCN[C@H]1c1ccccc1)C(C(F)(F)F)(C(F)(F)F)OC2.Cl.Cl. The molecule has 196 valence electrons. The van der Waals surface area contributed by atoms with Gasteiger partial charge in [0.2, 0.25) is 0 Å². The van der Waals surface area contributed by atoms with E-state index in [1.807, 2.05) is 30.3 Å². The van der Waals surface area contributed by atoms with E-state index in [9.17, 15) is 26.3 Å². The molecule has 2 aliphatic rings. The molecule has 0 spiro atoms. The minimum atomic E-state index is -5.67. The van der Waals surface area contributed by atoms with Crippen LogP contribution in [0.2, 0.25) is 0 Å².